The third-order valence-corrected chi connectivity index (χ3v) is 7.41. The maximum absolute atomic E-state index is 13.1. The van der Waals surface area contributed by atoms with Gasteiger partial charge in [0.2, 0.25) is 11.7 Å². The second-order valence-corrected chi connectivity index (χ2v) is 10.2. The van der Waals surface area contributed by atoms with E-state index in [1.807, 2.05) is 12.1 Å². The van der Waals surface area contributed by atoms with Crippen molar-refractivity contribution in [3.05, 3.63) is 72.4 Å². The summed E-state index contributed by atoms with van der Waals surface area (Å²) in [7, 11) is 0. The molecule has 1 aliphatic carbocycles. The Morgan fingerprint density at radius 3 is 2.62 bits per heavy atom. The summed E-state index contributed by atoms with van der Waals surface area (Å²) in [6.07, 6.45) is 9.07. The molecule has 1 fully saturated rings. The number of carbonyl (C=O) groups excluding carboxylic acids is 2. The number of rotatable bonds is 7. The zero-order valence-corrected chi connectivity index (χ0v) is 21.8. The first-order valence-corrected chi connectivity index (χ1v) is 13.3. The number of carboxylic acids is 1. The molecule has 204 valence electrons. The summed E-state index contributed by atoms with van der Waals surface area (Å²) < 4.78 is 12.8. The highest BCUT2D eigenvalue weighted by molar-refractivity contribution is 6.03. The lowest BCUT2D eigenvalue weighted by Crippen LogP contribution is -2.41. The van der Waals surface area contributed by atoms with Gasteiger partial charge in [-0.2, -0.15) is 0 Å². The van der Waals surface area contributed by atoms with Gasteiger partial charge in [-0.1, -0.05) is 19.3 Å². The summed E-state index contributed by atoms with van der Waals surface area (Å²) in [5.74, 6) is -1.34. The van der Waals surface area contributed by atoms with Crippen molar-refractivity contribution in [2.45, 2.75) is 51.1 Å². The molecule has 0 unspecified atom stereocenters. The van der Waals surface area contributed by atoms with Crippen molar-refractivity contribution < 1.29 is 28.3 Å². The Morgan fingerprint density at radius 2 is 1.88 bits per heavy atom. The number of furan rings is 2. The van der Waals surface area contributed by atoms with E-state index in [1.165, 1.54) is 25.3 Å². The Bertz CT molecular complexity index is 1730. The summed E-state index contributed by atoms with van der Waals surface area (Å²) >= 11 is 0. The zero-order chi connectivity index (χ0) is 27.8. The number of imidazole rings is 1. The number of hydrogen-bond donors (Lipinski definition) is 3. The average Bonchev–Trinajstić information content (AvgIpc) is 3.71. The molecule has 1 saturated carbocycles. The van der Waals surface area contributed by atoms with Crippen molar-refractivity contribution >= 4 is 45.5 Å². The minimum absolute atomic E-state index is 0.184. The van der Waals surface area contributed by atoms with E-state index < -0.39 is 23.8 Å². The maximum atomic E-state index is 13.1. The third-order valence-electron chi connectivity index (χ3n) is 7.41. The molecule has 2 amide bonds. The van der Waals surface area contributed by atoms with Crippen molar-refractivity contribution in [3.63, 3.8) is 0 Å². The van der Waals surface area contributed by atoms with Crippen LogP contribution in [-0.2, 0) is 4.79 Å². The first-order valence-electron chi connectivity index (χ1n) is 13.3. The highest BCUT2D eigenvalue weighted by Gasteiger charge is 2.24. The van der Waals surface area contributed by atoms with Gasteiger partial charge >= 0.3 is 5.97 Å². The predicted molar refractivity (Wildman–Crippen MR) is 148 cm³/mol. The largest absolute Gasteiger partial charge is 0.475 e. The predicted octanol–water partition coefficient (Wildman–Crippen LogP) is 6.00. The summed E-state index contributed by atoms with van der Waals surface area (Å²) in [5, 5.41) is 15.2. The lowest BCUT2D eigenvalue weighted by molar-refractivity contribution is -0.117. The molecule has 3 aromatic heterocycles. The van der Waals surface area contributed by atoms with Crippen LogP contribution in [0.25, 0.3) is 33.4 Å². The molecule has 2 aromatic carbocycles. The molecule has 0 radical (unpaired) electrons. The van der Waals surface area contributed by atoms with Crippen molar-refractivity contribution in [2.24, 2.45) is 0 Å². The Hall–Kier alpha value is -4.86. The summed E-state index contributed by atoms with van der Waals surface area (Å²) in [4.78, 5) is 42.0. The number of carboxylic acid groups (broad SMARTS) is 1. The van der Waals surface area contributed by atoms with E-state index in [1.54, 1.807) is 49.8 Å². The zero-order valence-electron chi connectivity index (χ0n) is 21.8. The van der Waals surface area contributed by atoms with Gasteiger partial charge in [-0.15, -0.1) is 0 Å². The SMILES string of the molecule is C[C@@H](NC(=O)c1ccc2c(c1)nc(-c1ccoc1)n2C1CCCCC1)C(=O)Nc1ccc2oc(C(=O)O)cc2c1. The summed E-state index contributed by atoms with van der Waals surface area (Å²) in [6.45, 7) is 1.60. The van der Waals surface area contributed by atoms with Gasteiger partial charge in [0, 0.05) is 22.7 Å². The van der Waals surface area contributed by atoms with Gasteiger partial charge in [-0.25, -0.2) is 9.78 Å². The number of aromatic nitrogens is 2. The first kappa shape index (κ1) is 25.4. The monoisotopic (exact) mass is 540 g/mol. The van der Waals surface area contributed by atoms with Crippen LogP contribution >= 0.6 is 0 Å². The highest BCUT2D eigenvalue weighted by atomic mass is 16.4. The van der Waals surface area contributed by atoms with Crippen molar-refractivity contribution in [1.82, 2.24) is 14.9 Å². The van der Waals surface area contributed by atoms with Crippen molar-refractivity contribution in [1.29, 1.82) is 0 Å². The number of anilines is 1. The lowest BCUT2D eigenvalue weighted by atomic mass is 9.95. The first-order chi connectivity index (χ1) is 19.4. The molecule has 10 heteroatoms. The molecular formula is C30H28N4O6. The molecule has 10 nitrogen and oxygen atoms in total. The smallest absolute Gasteiger partial charge is 0.371 e. The van der Waals surface area contributed by atoms with Crippen LogP contribution in [0, 0.1) is 0 Å². The Morgan fingerprint density at radius 1 is 1.05 bits per heavy atom. The van der Waals surface area contributed by atoms with E-state index in [-0.39, 0.29) is 5.76 Å². The molecule has 1 aliphatic rings. The van der Waals surface area contributed by atoms with E-state index in [2.05, 4.69) is 15.2 Å². The fraction of sp³-hybridized carbons (Fsp3) is 0.267. The van der Waals surface area contributed by atoms with Crippen LogP contribution in [0.1, 0.15) is 66.0 Å². The van der Waals surface area contributed by atoms with Crippen LogP contribution in [0.3, 0.4) is 0 Å². The van der Waals surface area contributed by atoms with E-state index >= 15 is 0 Å². The van der Waals surface area contributed by atoms with E-state index in [9.17, 15) is 14.4 Å². The van der Waals surface area contributed by atoms with Crippen LogP contribution in [0.4, 0.5) is 5.69 Å². The molecule has 3 N–H and O–H groups in total. The highest BCUT2D eigenvalue weighted by Crippen LogP contribution is 2.36. The van der Waals surface area contributed by atoms with Crippen LogP contribution in [0.2, 0.25) is 0 Å². The second kappa shape index (κ2) is 10.4. The minimum atomic E-state index is -1.17. The van der Waals surface area contributed by atoms with Crippen LogP contribution in [0.5, 0.6) is 0 Å². The molecule has 0 bridgehead atoms. The standard InChI is InChI=1S/C30H28N4O6/c1-17(28(35)32-21-8-10-25-20(13-21)15-26(40-25)30(37)38)31-29(36)18-7-9-24-23(14-18)33-27(19-11-12-39-16-19)34(24)22-5-3-2-4-6-22/h7-17,22H,2-6H2,1H3,(H,31,36)(H,32,35)(H,37,38)/t17-/m1/s1. The van der Waals surface area contributed by atoms with Crippen LogP contribution in [0.15, 0.2) is 69.9 Å². The van der Waals surface area contributed by atoms with E-state index in [0.717, 1.165) is 29.7 Å². The van der Waals surface area contributed by atoms with Gasteiger partial charge in [-0.3, -0.25) is 9.59 Å². The topological polar surface area (TPSA) is 140 Å². The lowest BCUT2D eigenvalue weighted by Gasteiger charge is -2.25. The number of nitrogens with one attached hydrogen (secondary N) is 2. The van der Waals surface area contributed by atoms with Gasteiger partial charge in [0.1, 0.15) is 23.7 Å². The van der Waals surface area contributed by atoms with E-state index in [0.29, 0.717) is 33.8 Å². The number of amides is 2. The molecule has 3 heterocycles. The molecule has 6 rings (SSSR count). The molecule has 1 atom stereocenters. The molecule has 40 heavy (non-hydrogen) atoms. The fourth-order valence-electron chi connectivity index (χ4n) is 5.37. The van der Waals surface area contributed by atoms with Gasteiger partial charge in [-0.05, 0) is 68.3 Å². The quantitative estimate of drug-likeness (QED) is 0.230. The number of carbonyl (C=O) groups is 3. The van der Waals surface area contributed by atoms with Gasteiger partial charge < -0.3 is 29.1 Å². The molecule has 0 spiro atoms. The Labute approximate surface area is 229 Å². The van der Waals surface area contributed by atoms with Crippen LogP contribution in [-0.4, -0.2) is 38.5 Å². The van der Waals surface area contributed by atoms with Crippen molar-refractivity contribution in [3.8, 4) is 11.4 Å². The Balaban J connectivity index is 1.19. The molecular weight excluding hydrogens is 512 g/mol. The van der Waals surface area contributed by atoms with Gasteiger partial charge in [0.15, 0.2) is 0 Å². The van der Waals surface area contributed by atoms with Gasteiger partial charge in [0.05, 0.1) is 22.9 Å². The molecule has 0 aliphatic heterocycles. The minimum Gasteiger partial charge on any atom is -0.475 e. The third kappa shape index (κ3) is 4.84. The molecule has 5 aromatic rings. The second-order valence-electron chi connectivity index (χ2n) is 10.2. The van der Waals surface area contributed by atoms with Crippen molar-refractivity contribution in [2.75, 3.05) is 5.32 Å². The summed E-state index contributed by atoms with van der Waals surface area (Å²) in [6, 6.07) is 13.0. The average molecular weight is 541 g/mol. The fourth-order valence-corrected chi connectivity index (χ4v) is 5.37. The van der Waals surface area contributed by atoms with Crippen LogP contribution < -0.4 is 10.6 Å². The number of aromatic carboxylic acids is 1. The van der Waals surface area contributed by atoms with E-state index in [4.69, 9.17) is 18.9 Å². The number of nitrogens with zero attached hydrogens (tertiary/aromatic N) is 2. The maximum Gasteiger partial charge on any atom is 0.371 e. The summed E-state index contributed by atoms with van der Waals surface area (Å²) in [5.41, 5.74) is 3.82. The number of fused-ring (bicyclic) bond motifs is 2. The molecule has 0 saturated heterocycles. The van der Waals surface area contributed by atoms with Gasteiger partial charge in [0.25, 0.3) is 5.91 Å². The normalized spacial score (nSPS) is 14.8. The number of hydrogen-bond acceptors (Lipinski definition) is 6. The number of benzene rings is 2. The Kier molecular flexibility index (Phi) is 6.59.